The molecule has 12 aromatic rings. The summed E-state index contributed by atoms with van der Waals surface area (Å²) in [6, 6.07) is 67.9. The monoisotopic (exact) mass is 740 g/mol. The third-order valence-electron chi connectivity index (χ3n) is 11.4. The molecule has 0 N–H and O–H groups in total. The molecular formula is C53H32N4O. The first kappa shape index (κ1) is 32.4. The first-order valence-corrected chi connectivity index (χ1v) is 19.5. The zero-order valence-electron chi connectivity index (χ0n) is 31.2. The van der Waals surface area contributed by atoms with Gasteiger partial charge >= 0.3 is 0 Å². The molecule has 0 aliphatic rings. The molecule has 0 radical (unpaired) electrons. The second-order valence-electron chi connectivity index (χ2n) is 14.8. The van der Waals surface area contributed by atoms with Crippen LogP contribution in [-0.2, 0) is 0 Å². The highest BCUT2D eigenvalue weighted by Gasteiger charge is 2.27. The minimum Gasteiger partial charge on any atom is -0.455 e. The van der Waals surface area contributed by atoms with Gasteiger partial charge in [0.1, 0.15) is 11.2 Å². The molecule has 3 aromatic heterocycles. The molecule has 0 aliphatic carbocycles. The van der Waals surface area contributed by atoms with Crippen molar-refractivity contribution in [3.8, 4) is 51.0 Å². The van der Waals surface area contributed by atoms with Gasteiger partial charge in [-0.3, -0.25) is 0 Å². The van der Waals surface area contributed by atoms with Gasteiger partial charge in [-0.15, -0.1) is 0 Å². The Balaban J connectivity index is 1.27. The summed E-state index contributed by atoms with van der Waals surface area (Å²) in [4.78, 5) is 16.1. The van der Waals surface area contributed by atoms with Crippen molar-refractivity contribution in [2.75, 3.05) is 0 Å². The highest BCUT2D eigenvalue weighted by atomic mass is 16.3. The van der Waals surface area contributed by atoms with Crippen LogP contribution in [0.3, 0.4) is 0 Å². The van der Waals surface area contributed by atoms with Crippen LogP contribution in [0.2, 0.25) is 0 Å². The number of rotatable bonds is 5. The number of para-hydroxylation sites is 2. The first-order valence-electron chi connectivity index (χ1n) is 19.5. The third kappa shape index (κ3) is 5.00. The van der Waals surface area contributed by atoms with Gasteiger partial charge in [0, 0.05) is 32.7 Å². The number of furan rings is 1. The van der Waals surface area contributed by atoms with Crippen molar-refractivity contribution in [3.05, 3.63) is 194 Å². The van der Waals surface area contributed by atoms with Crippen molar-refractivity contribution in [1.82, 2.24) is 19.5 Å². The fourth-order valence-electron chi connectivity index (χ4n) is 8.77. The lowest BCUT2D eigenvalue weighted by Crippen LogP contribution is -2.05. The summed E-state index contributed by atoms with van der Waals surface area (Å²) in [6.07, 6.45) is 0. The lowest BCUT2D eigenvalue weighted by atomic mass is 9.96. The molecule has 0 fully saturated rings. The largest absolute Gasteiger partial charge is 0.455 e. The Bertz CT molecular complexity index is 3570. The molecule has 3 heterocycles. The molecule has 270 valence electrons. The SMILES string of the molecule is c1ccc(-c2cccc(-c3nc(-c4ccccc4)nc(-c4c(-n5c6ccccc6c6cc7ccccc7cc65)c5c6ccccc6oc5c5ccccc45)n3)c2)cc1. The fraction of sp³-hybridized carbons (Fsp3) is 0. The molecule has 12 rings (SSSR count). The van der Waals surface area contributed by atoms with Crippen molar-refractivity contribution in [2.24, 2.45) is 0 Å². The van der Waals surface area contributed by atoms with Crippen molar-refractivity contribution in [3.63, 3.8) is 0 Å². The summed E-state index contributed by atoms with van der Waals surface area (Å²) >= 11 is 0. The predicted molar refractivity (Wildman–Crippen MR) is 238 cm³/mol. The summed E-state index contributed by atoms with van der Waals surface area (Å²) < 4.78 is 9.29. The number of fused-ring (bicyclic) bond motifs is 9. The van der Waals surface area contributed by atoms with Gasteiger partial charge in [-0.2, -0.15) is 0 Å². The Morgan fingerprint density at radius 3 is 1.72 bits per heavy atom. The maximum atomic E-state index is 6.86. The van der Waals surface area contributed by atoms with Crippen LogP contribution in [0.1, 0.15) is 0 Å². The zero-order chi connectivity index (χ0) is 38.2. The second kappa shape index (κ2) is 12.8. The smallest absolute Gasteiger partial charge is 0.166 e. The Morgan fingerprint density at radius 1 is 0.362 bits per heavy atom. The average Bonchev–Trinajstić information content (AvgIpc) is 3.84. The molecule has 0 bridgehead atoms. The quantitative estimate of drug-likeness (QED) is 0.176. The minimum absolute atomic E-state index is 0.582. The van der Waals surface area contributed by atoms with E-state index in [2.05, 4.69) is 168 Å². The van der Waals surface area contributed by atoms with E-state index in [0.29, 0.717) is 17.5 Å². The van der Waals surface area contributed by atoms with Gasteiger partial charge in [0.25, 0.3) is 0 Å². The molecule has 0 saturated heterocycles. The van der Waals surface area contributed by atoms with Crippen LogP contribution in [-0.4, -0.2) is 19.5 Å². The van der Waals surface area contributed by atoms with E-state index < -0.39 is 0 Å². The van der Waals surface area contributed by atoms with E-state index in [1.54, 1.807) is 0 Å². The number of hydrogen-bond acceptors (Lipinski definition) is 4. The number of aromatic nitrogens is 4. The van der Waals surface area contributed by atoms with E-state index in [0.717, 1.165) is 77.2 Å². The molecule has 0 amide bonds. The summed E-state index contributed by atoms with van der Waals surface area (Å²) in [5.74, 6) is 1.78. The van der Waals surface area contributed by atoms with Gasteiger partial charge in [-0.1, -0.05) is 164 Å². The second-order valence-corrected chi connectivity index (χ2v) is 14.8. The maximum Gasteiger partial charge on any atom is 0.166 e. The lowest BCUT2D eigenvalue weighted by molar-refractivity contribution is 0.672. The lowest BCUT2D eigenvalue weighted by Gasteiger charge is -2.19. The highest BCUT2D eigenvalue weighted by Crippen LogP contribution is 2.48. The summed E-state index contributed by atoms with van der Waals surface area (Å²) in [5.41, 5.74) is 9.76. The highest BCUT2D eigenvalue weighted by molar-refractivity contribution is 6.25. The van der Waals surface area contributed by atoms with Crippen LogP contribution in [0.4, 0.5) is 0 Å². The van der Waals surface area contributed by atoms with Crippen molar-refractivity contribution in [1.29, 1.82) is 0 Å². The summed E-state index contributed by atoms with van der Waals surface area (Å²) in [5, 5.41) is 8.73. The third-order valence-corrected chi connectivity index (χ3v) is 11.4. The summed E-state index contributed by atoms with van der Waals surface area (Å²) in [7, 11) is 0. The van der Waals surface area contributed by atoms with Crippen LogP contribution in [0.5, 0.6) is 0 Å². The van der Waals surface area contributed by atoms with Gasteiger partial charge < -0.3 is 8.98 Å². The van der Waals surface area contributed by atoms with Crippen LogP contribution < -0.4 is 0 Å². The maximum absolute atomic E-state index is 6.86. The zero-order valence-corrected chi connectivity index (χ0v) is 31.2. The van der Waals surface area contributed by atoms with Crippen LogP contribution in [0, 0.1) is 0 Å². The molecular weight excluding hydrogens is 709 g/mol. The average molecular weight is 741 g/mol. The minimum atomic E-state index is 0.582. The Hall–Kier alpha value is -7.89. The van der Waals surface area contributed by atoms with E-state index in [4.69, 9.17) is 19.4 Å². The van der Waals surface area contributed by atoms with Gasteiger partial charge in [-0.25, -0.2) is 15.0 Å². The Morgan fingerprint density at radius 2 is 0.931 bits per heavy atom. The number of nitrogens with zero attached hydrogens (tertiary/aromatic N) is 4. The fourth-order valence-corrected chi connectivity index (χ4v) is 8.77. The van der Waals surface area contributed by atoms with Crippen LogP contribution in [0.25, 0.3) is 116 Å². The molecule has 0 unspecified atom stereocenters. The normalized spacial score (nSPS) is 11.8. The van der Waals surface area contributed by atoms with Crippen molar-refractivity contribution in [2.45, 2.75) is 0 Å². The Labute approximate surface area is 333 Å². The topological polar surface area (TPSA) is 56.7 Å². The van der Waals surface area contributed by atoms with Gasteiger partial charge in [0.05, 0.1) is 27.7 Å². The van der Waals surface area contributed by atoms with Crippen LogP contribution in [0.15, 0.2) is 199 Å². The van der Waals surface area contributed by atoms with Crippen molar-refractivity contribution < 1.29 is 4.42 Å². The molecule has 0 atom stereocenters. The molecule has 5 heteroatoms. The Kier molecular flexibility index (Phi) is 7.16. The number of hydrogen-bond donors (Lipinski definition) is 0. The van der Waals surface area contributed by atoms with E-state index in [1.165, 1.54) is 21.5 Å². The molecule has 0 spiro atoms. The van der Waals surface area contributed by atoms with Crippen LogP contribution >= 0.6 is 0 Å². The van der Waals surface area contributed by atoms with Gasteiger partial charge in [0.2, 0.25) is 0 Å². The molecule has 0 aliphatic heterocycles. The number of benzene rings is 9. The molecule has 0 saturated carbocycles. The van der Waals surface area contributed by atoms with E-state index in [-0.39, 0.29) is 0 Å². The molecule has 9 aromatic carbocycles. The first-order chi connectivity index (χ1) is 28.8. The van der Waals surface area contributed by atoms with Gasteiger partial charge in [-0.05, 0) is 57.6 Å². The van der Waals surface area contributed by atoms with Gasteiger partial charge in [0.15, 0.2) is 17.5 Å². The van der Waals surface area contributed by atoms with E-state index in [1.807, 2.05) is 30.3 Å². The molecule has 5 nitrogen and oxygen atoms in total. The predicted octanol–water partition coefficient (Wildman–Crippen LogP) is 13.8. The van der Waals surface area contributed by atoms with E-state index in [9.17, 15) is 0 Å². The standard InChI is InChI=1S/C53H32N4O/c1-3-16-33(17-4-1)35-22-15-23-38(30-35)52-54-51(34-18-5-2-6-19-34)55-53(56-52)48-40-25-9-10-26-41(40)50-47(42-27-12-14-29-46(42)58-50)49(48)57-44-28-13-11-24-39(44)43-31-36-20-7-8-21-37(36)32-45(43)57/h1-32H. The molecule has 58 heavy (non-hydrogen) atoms. The van der Waals surface area contributed by atoms with E-state index >= 15 is 0 Å². The summed E-state index contributed by atoms with van der Waals surface area (Å²) in [6.45, 7) is 0. The van der Waals surface area contributed by atoms with Crippen molar-refractivity contribution >= 4 is 65.3 Å².